The molecule has 30 heavy (non-hydrogen) atoms. The van der Waals surface area contributed by atoms with Gasteiger partial charge in [-0.2, -0.15) is 0 Å². The highest BCUT2D eigenvalue weighted by atomic mass is 35.5. The van der Waals surface area contributed by atoms with Gasteiger partial charge < -0.3 is 4.98 Å². The molecule has 0 fully saturated rings. The number of fused-ring (bicyclic) bond motifs is 1. The Bertz CT molecular complexity index is 1150. The Balaban J connectivity index is 1.39. The second kappa shape index (κ2) is 9.32. The zero-order valence-corrected chi connectivity index (χ0v) is 18.3. The molecule has 0 radical (unpaired) electrons. The first-order valence-corrected chi connectivity index (χ1v) is 10.9. The van der Waals surface area contributed by atoms with E-state index in [9.17, 15) is 0 Å². The van der Waals surface area contributed by atoms with Crippen molar-refractivity contribution in [2.24, 2.45) is 4.99 Å². The first-order chi connectivity index (χ1) is 14.6. The van der Waals surface area contributed by atoms with Gasteiger partial charge in [-0.15, -0.1) is 0 Å². The van der Waals surface area contributed by atoms with Crippen LogP contribution in [0.5, 0.6) is 0 Å². The highest BCUT2D eigenvalue weighted by Crippen LogP contribution is 2.21. The summed E-state index contributed by atoms with van der Waals surface area (Å²) in [6.07, 6.45) is 5.04. The maximum absolute atomic E-state index is 5.97. The Morgan fingerprint density at radius 2 is 1.57 bits per heavy atom. The van der Waals surface area contributed by atoms with Crippen LogP contribution >= 0.6 is 11.6 Å². The molecule has 3 heteroatoms. The Morgan fingerprint density at radius 3 is 2.27 bits per heavy atom. The normalized spacial score (nSPS) is 11.9. The summed E-state index contributed by atoms with van der Waals surface area (Å²) in [5.74, 6) is 0. The van der Waals surface area contributed by atoms with Crippen LogP contribution in [0.1, 0.15) is 41.7 Å². The van der Waals surface area contributed by atoms with E-state index in [4.69, 9.17) is 16.6 Å². The Hall–Kier alpha value is -2.84. The third-order valence-electron chi connectivity index (χ3n) is 5.66. The summed E-state index contributed by atoms with van der Waals surface area (Å²) in [5.41, 5.74) is 8.75. The molecule has 0 aliphatic rings. The minimum Gasteiger partial charge on any atom is -0.361 e. The maximum atomic E-state index is 5.97. The van der Waals surface area contributed by atoms with Crippen molar-refractivity contribution in [1.29, 1.82) is 0 Å². The van der Waals surface area contributed by atoms with E-state index >= 15 is 0 Å². The van der Waals surface area contributed by atoms with Crippen molar-refractivity contribution in [3.8, 4) is 0 Å². The summed E-state index contributed by atoms with van der Waals surface area (Å²) in [7, 11) is 0. The fourth-order valence-corrected chi connectivity index (χ4v) is 3.92. The number of aryl methyl sites for hydroxylation is 1. The number of aromatic nitrogens is 1. The molecule has 0 spiro atoms. The van der Waals surface area contributed by atoms with Crippen molar-refractivity contribution in [3.63, 3.8) is 0 Å². The molecule has 0 saturated carbocycles. The molecule has 4 rings (SSSR count). The number of benzene rings is 3. The highest BCUT2D eigenvalue weighted by Gasteiger charge is 2.05. The minimum absolute atomic E-state index is 0.777. The molecule has 152 valence electrons. The van der Waals surface area contributed by atoms with E-state index in [-0.39, 0.29) is 0 Å². The summed E-state index contributed by atoms with van der Waals surface area (Å²) < 4.78 is 0. The quantitative estimate of drug-likeness (QED) is 0.314. The topological polar surface area (TPSA) is 28.1 Å². The number of nitrogens with zero attached hydrogens (tertiary/aromatic N) is 1. The van der Waals surface area contributed by atoms with Gasteiger partial charge in [-0.1, -0.05) is 61.0 Å². The van der Waals surface area contributed by atoms with Gasteiger partial charge in [0, 0.05) is 34.4 Å². The monoisotopic (exact) mass is 414 g/mol. The van der Waals surface area contributed by atoms with Gasteiger partial charge in [-0.25, -0.2) is 0 Å². The molecule has 0 saturated heterocycles. The third kappa shape index (κ3) is 4.83. The van der Waals surface area contributed by atoms with Gasteiger partial charge in [0.2, 0.25) is 0 Å². The molecule has 0 amide bonds. The summed E-state index contributed by atoms with van der Waals surface area (Å²) in [4.78, 5) is 8.21. The van der Waals surface area contributed by atoms with Crippen LogP contribution < -0.4 is 0 Å². The Labute approximate surface area is 183 Å². The van der Waals surface area contributed by atoms with Gasteiger partial charge in [0.1, 0.15) is 0 Å². The summed E-state index contributed by atoms with van der Waals surface area (Å²) in [5, 5.41) is 2.10. The maximum Gasteiger partial charge on any atom is 0.0456 e. The van der Waals surface area contributed by atoms with Crippen LogP contribution in [-0.4, -0.2) is 17.2 Å². The van der Waals surface area contributed by atoms with E-state index in [1.54, 1.807) is 0 Å². The predicted molar refractivity (Wildman–Crippen MR) is 129 cm³/mol. The number of aliphatic imine (C=N–C) groups is 1. The third-order valence-corrected chi connectivity index (χ3v) is 5.92. The molecule has 2 nitrogen and oxygen atoms in total. The lowest BCUT2D eigenvalue weighted by atomic mass is 10.0. The number of nitrogens with one attached hydrogen (secondary N) is 1. The Morgan fingerprint density at radius 1 is 0.900 bits per heavy atom. The van der Waals surface area contributed by atoms with E-state index in [0.29, 0.717) is 0 Å². The van der Waals surface area contributed by atoms with Gasteiger partial charge in [0.15, 0.2) is 0 Å². The van der Waals surface area contributed by atoms with Gasteiger partial charge in [-0.3, -0.25) is 4.99 Å². The van der Waals surface area contributed by atoms with Crippen molar-refractivity contribution in [3.05, 3.63) is 106 Å². The molecule has 4 aromatic rings. The number of halogens is 1. The number of hydrogen-bond acceptors (Lipinski definition) is 1. The standard InChI is InChI=1S/C27H27ClN2/c1-3-20-8-13-27-26(17-20)24(18-30-27)14-15-29-19(2)23-9-4-21(5-10-23)16-22-6-11-25(28)12-7-22/h4-13,17-18,30H,3,14-16H2,1-2H3. The molecule has 1 heterocycles. The molecule has 1 aromatic heterocycles. The van der Waals surface area contributed by atoms with Gasteiger partial charge in [-0.05, 0) is 78.3 Å². The van der Waals surface area contributed by atoms with Gasteiger partial charge >= 0.3 is 0 Å². The minimum atomic E-state index is 0.777. The predicted octanol–water partition coefficient (Wildman–Crippen LogP) is 7.03. The Kier molecular flexibility index (Phi) is 6.35. The molecule has 3 aromatic carbocycles. The second-order valence-electron chi connectivity index (χ2n) is 7.76. The van der Waals surface area contributed by atoms with Crippen LogP contribution in [0.2, 0.25) is 5.02 Å². The first-order valence-electron chi connectivity index (χ1n) is 10.6. The smallest absolute Gasteiger partial charge is 0.0456 e. The molecule has 0 atom stereocenters. The number of hydrogen-bond donors (Lipinski definition) is 1. The number of rotatable bonds is 7. The summed E-state index contributed by atoms with van der Waals surface area (Å²) in [6.45, 7) is 5.09. The SMILES string of the molecule is CCc1ccc2[nH]cc(CCN=C(C)c3ccc(Cc4ccc(Cl)cc4)cc3)c2c1. The molecular weight excluding hydrogens is 388 g/mol. The van der Waals surface area contributed by atoms with Crippen molar-refractivity contribution in [2.45, 2.75) is 33.1 Å². The summed E-state index contributed by atoms with van der Waals surface area (Å²) in [6, 6.07) is 23.4. The largest absolute Gasteiger partial charge is 0.361 e. The average Bonchev–Trinajstić information content (AvgIpc) is 3.18. The lowest BCUT2D eigenvalue weighted by molar-refractivity contribution is 0.974. The molecule has 0 aliphatic carbocycles. The summed E-state index contributed by atoms with van der Waals surface area (Å²) >= 11 is 5.97. The molecule has 0 aliphatic heterocycles. The van der Waals surface area contributed by atoms with E-state index in [0.717, 1.165) is 36.5 Å². The lowest BCUT2D eigenvalue weighted by Gasteiger charge is -2.06. The highest BCUT2D eigenvalue weighted by molar-refractivity contribution is 6.30. The van der Waals surface area contributed by atoms with Crippen molar-refractivity contribution >= 4 is 28.2 Å². The van der Waals surface area contributed by atoms with Gasteiger partial charge in [0.05, 0.1) is 0 Å². The van der Waals surface area contributed by atoms with Crippen LogP contribution in [0.25, 0.3) is 10.9 Å². The zero-order chi connectivity index (χ0) is 20.9. The second-order valence-corrected chi connectivity index (χ2v) is 8.20. The molecular formula is C27H27ClN2. The van der Waals surface area contributed by atoms with E-state index in [1.807, 2.05) is 12.1 Å². The number of H-pyrrole nitrogens is 1. The average molecular weight is 415 g/mol. The van der Waals surface area contributed by atoms with Crippen molar-refractivity contribution in [2.75, 3.05) is 6.54 Å². The van der Waals surface area contributed by atoms with Crippen LogP contribution in [0.15, 0.2) is 77.9 Å². The van der Waals surface area contributed by atoms with Crippen LogP contribution in [0.4, 0.5) is 0 Å². The van der Waals surface area contributed by atoms with E-state index in [2.05, 4.69) is 79.6 Å². The molecule has 0 unspecified atom stereocenters. The van der Waals surface area contributed by atoms with Crippen molar-refractivity contribution in [1.82, 2.24) is 4.98 Å². The fourth-order valence-electron chi connectivity index (χ4n) is 3.79. The fraction of sp³-hybridized carbons (Fsp3) is 0.222. The first kappa shape index (κ1) is 20.4. The van der Waals surface area contributed by atoms with Crippen LogP contribution in [0, 0.1) is 0 Å². The van der Waals surface area contributed by atoms with E-state index in [1.165, 1.54) is 38.7 Å². The van der Waals surface area contributed by atoms with Crippen LogP contribution in [0.3, 0.4) is 0 Å². The van der Waals surface area contributed by atoms with Gasteiger partial charge in [0.25, 0.3) is 0 Å². The van der Waals surface area contributed by atoms with Crippen molar-refractivity contribution < 1.29 is 0 Å². The lowest BCUT2D eigenvalue weighted by Crippen LogP contribution is -1.99. The molecule has 1 N–H and O–H groups in total. The van der Waals surface area contributed by atoms with Crippen LogP contribution in [-0.2, 0) is 19.3 Å². The zero-order valence-electron chi connectivity index (χ0n) is 17.6. The number of aromatic amines is 1. The van der Waals surface area contributed by atoms with E-state index < -0.39 is 0 Å². The molecule has 0 bridgehead atoms.